The summed E-state index contributed by atoms with van der Waals surface area (Å²) in [4.78, 5) is 8.87. The van der Waals surface area contributed by atoms with Crippen molar-refractivity contribution in [3.05, 3.63) is 85.0 Å². The number of halogens is 1. The second kappa shape index (κ2) is 11.2. The molecule has 0 fully saturated rings. The molecule has 0 aliphatic rings. The molecular formula is C26H27FN2O2. The lowest BCUT2D eigenvalue weighted by Gasteiger charge is -2.08. The maximum atomic E-state index is 14.5. The Balaban J connectivity index is 1.65. The van der Waals surface area contributed by atoms with Gasteiger partial charge in [0, 0.05) is 35.2 Å². The molecule has 0 amide bonds. The van der Waals surface area contributed by atoms with Crippen LogP contribution in [0.2, 0.25) is 0 Å². The van der Waals surface area contributed by atoms with Crippen molar-refractivity contribution in [3.63, 3.8) is 0 Å². The van der Waals surface area contributed by atoms with E-state index < -0.39 is 0 Å². The van der Waals surface area contributed by atoms with E-state index in [0.29, 0.717) is 23.7 Å². The van der Waals surface area contributed by atoms with E-state index in [1.54, 1.807) is 37.5 Å². The molecule has 2 aromatic carbocycles. The lowest BCUT2D eigenvalue weighted by Crippen LogP contribution is -1.97. The van der Waals surface area contributed by atoms with Gasteiger partial charge in [-0.05, 0) is 43.9 Å². The van der Waals surface area contributed by atoms with E-state index in [1.165, 1.54) is 6.07 Å². The van der Waals surface area contributed by atoms with Crippen LogP contribution in [0.15, 0.2) is 73.6 Å². The van der Waals surface area contributed by atoms with Crippen molar-refractivity contribution in [2.45, 2.75) is 32.3 Å². The van der Waals surface area contributed by atoms with Gasteiger partial charge in [-0.25, -0.2) is 14.4 Å². The van der Waals surface area contributed by atoms with E-state index in [1.807, 2.05) is 30.3 Å². The minimum absolute atomic E-state index is 0.255. The molecule has 1 atom stereocenters. The quantitative estimate of drug-likeness (QED) is 0.320. The Bertz CT molecular complexity index is 1010. The second-order valence-electron chi connectivity index (χ2n) is 7.34. The maximum absolute atomic E-state index is 14.5. The molecule has 1 heterocycles. The fourth-order valence-electron chi connectivity index (χ4n) is 3.10. The zero-order valence-electron chi connectivity index (χ0n) is 17.7. The molecule has 3 aromatic rings. The summed E-state index contributed by atoms with van der Waals surface area (Å²) in [6, 6.07) is 12.3. The van der Waals surface area contributed by atoms with Crippen molar-refractivity contribution in [1.29, 1.82) is 0 Å². The number of ether oxygens (including phenoxy) is 1. The summed E-state index contributed by atoms with van der Waals surface area (Å²) in [6.07, 6.45) is 11.6. The van der Waals surface area contributed by atoms with Gasteiger partial charge >= 0.3 is 0 Å². The number of aliphatic hydroxyl groups excluding tert-OH is 1. The van der Waals surface area contributed by atoms with Crippen LogP contribution in [0.25, 0.3) is 28.6 Å². The lowest BCUT2D eigenvalue weighted by molar-refractivity contribution is 0.182. The second-order valence-corrected chi connectivity index (χ2v) is 7.34. The van der Waals surface area contributed by atoms with Gasteiger partial charge in [-0.15, -0.1) is 0 Å². The highest BCUT2D eigenvalue weighted by molar-refractivity contribution is 5.69. The molecule has 5 heteroatoms. The minimum Gasteiger partial charge on any atom is -0.489 e. The molecule has 1 aromatic heterocycles. The molecule has 0 saturated carbocycles. The van der Waals surface area contributed by atoms with E-state index in [0.717, 1.165) is 36.0 Å². The normalized spacial score (nSPS) is 12.1. The van der Waals surface area contributed by atoms with Crippen LogP contribution in [0, 0.1) is 5.82 Å². The number of allylic oxidation sites excluding steroid dienone is 1. The molecule has 0 aliphatic carbocycles. The Morgan fingerprint density at radius 3 is 2.45 bits per heavy atom. The van der Waals surface area contributed by atoms with E-state index in [4.69, 9.17) is 4.74 Å². The van der Waals surface area contributed by atoms with Gasteiger partial charge in [0.2, 0.25) is 0 Å². The number of unbranched alkanes of at least 4 members (excludes halogenated alkanes) is 1. The van der Waals surface area contributed by atoms with Crippen molar-refractivity contribution in [1.82, 2.24) is 9.97 Å². The number of aliphatic hydroxyl groups is 1. The monoisotopic (exact) mass is 418 g/mol. The summed E-state index contributed by atoms with van der Waals surface area (Å²) in [5, 5.41) is 9.27. The third kappa shape index (κ3) is 6.59. The molecule has 4 nitrogen and oxygen atoms in total. The van der Waals surface area contributed by atoms with Gasteiger partial charge in [-0.1, -0.05) is 49.1 Å². The molecule has 1 unspecified atom stereocenters. The summed E-state index contributed by atoms with van der Waals surface area (Å²) in [7, 11) is 0. The van der Waals surface area contributed by atoms with Gasteiger partial charge in [-0.3, -0.25) is 0 Å². The number of nitrogens with zero attached hydrogens (tertiary/aromatic N) is 2. The number of hydrogen-bond donors (Lipinski definition) is 1. The Morgan fingerprint density at radius 1 is 1.10 bits per heavy atom. The Labute approximate surface area is 182 Å². The SMILES string of the molecule is C=CCOc1ccc(-c2ccc(-c3ncc(/C=C/CCCC(C)O)cn3)cc2)c(F)c1. The first-order chi connectivity index (χ1) is 15.1. The van der Waals surface area contributed by atoms with Gasteiger partial charge in [0.15, 0.2) is 5.82 Å². The van der Waals surface area contributed by atoms with E-state index in [2.05, 4.69) is 22.6 Å². The van der Waals surface area contributed by atoms with Crippen molar-refractivity contribution in [2.75, 3.05) is 6.61 Å². The van der Waals surface area contributed by atoms with Crippen molar-refractivity contribution >= 4 is 6.08 Å². The number of hydrogen-bond acceptors (Lipinski definition) is 4. The zero-order valence-corrected chi connectivity index (χ0v) is 17.7. The fourth-order valence-corrected chi connectivity index (χ4v) is 3.10. The summed E-state index contributed by atoms with van der Waals surface area (Å²) < 4.78 is 19.8. The van der Waals surface area contributed by atoms with E-state index in [-0.39, 0.29) is 11.9 Å². The number of rotatable bonds is 10. The highest BCUT2D eigenvalue weighted by atomic mass is 19.1. The Morgan fingerprint density at radius 2 is 1.81 bits per heavy atom. The summed E-state index contributed by atoms with van der Waals surface area (Å²) >= 11 is 0. The predicted octanol–water partition coefficient (Wildman–Crippen LogP) is 6.08. The Hall–Kier alpha value is -3.31. The summed E-state index contributed by atoms with van der Waals surface area (Å²) in [5.41, 5.74) is 3.07. The van der Waals surface area contributed by atoms with E-state index >= 15 is 0 Å². The van der Waals surface area contributed by atoms with Gasteiger partial charge in [0.1, 0.15) is 18.2 Å². The summed E-state index contributed by atoms with van der Waals surface area (Å²) in [6.45, 7) is 5.73. The van der Waals surface area contributed by atoms with Crippen LogP contribution in [-0.2, 0) is 0 Å². The molecule has 0 bridgehead atoms. The van der Waals surface area contributed by atoms with Crippen LogP contribution in [-0.4, -0.2) is 27.8 Å². The first-order valence-corrected chi connectivity index (χ1v) is 10.4. The third-order valence-corrected chi connectivity index (χ3v) is 4.74. The van der Waals surface area contributed by atoms with Crippen LogP contribution < -0.4 is 4.74 Å². The molecule has 0 aliphatic heterocycles. The molecular weight excluding hydrogens is 391 g/mol. The standard InChI is InChI=1S/C26H27FN2O2/c1-3-15-31-23-13-14-24(25(27)16-23)21-9-11-22(12-10-21)26-28-17-20(18-29-26)8-6-4-5-7-19(2)30/h3,6,8-14,16-19,30H,1,4-5,7,15H2,2H3/b8-6+. The molecule has 0 spiro atoms. The van der Waals surface area contributed by atoms with Gasteiger partial charge in [0.25, 0.3) is 0 Å². The minimum atomic E-state index is -0.338. The molecule has 3 rings (SSSR count). The van der Waals surface area contributed by atoms with Crippen LogP contribution in [0.1, 0.15) is 31.7 Å². The number of aromatic nitrogens is 2. The molecule has 160 valence electrons. The van der Waals surface area contributed by atoms with Crippen molar-refractivity contribution in [3.8, 4) is 28.3 Å². The van der Waals surface area contributed by atoms with Crippen LogP contribution >= 0.6 is 0 Å². The van der Waals surface area contributed by atoms with Crippen molar-refractivity contribution < 1.29 is 14.2 Å². The smallest absolute Gasteiger partial charge is 0.159 e. The highest BCUT2D eigenvalue weighted by Gasteiger charge is 2.08. The third-order valence-electron chi connectivity index (χ3n) is 4.74. The van der Waals surface area contributed by atoms with Crippen molar-refractivity contribution in [2.24, 2.45) is 0 Å². The van der Waals surface area contributed by atoms with Crippen LogP contribution in [0.3, 0.4) is 0 Å². The van der Waals surface area contributed by atoms with Gasteiger partial charge < -0.3 is 9.84 Å². The average Bonchev–Trinajstić information content (AvgIpc) is 2.78. The molecule has 31 heavy (non-hydrogen) atoms. The average molecular weight is 419 g/mol. The fraction of sp³-hybridized carbons (Fsp3) is 0.231. The van der Waals surface area contributed by atoms with E-state index in [9.17, 15) is 9.50 Å². The molecule has 0 saturated heterocycles. The highest BCUT2D eigenvalue weighted by Crippen LogP contribution is 2.28. The molecule has 1 N–H and O–H groups in total. The number of benzene rings is 2. The van der Waals surface area contributed by atoms with Gasteiger partial charge in [-0.2, -0.15) is 0 Å². The first kappa shape index (κ1) is 22.4. The van der Waals surface area contributed by atoms with Crippen LogP contribution in [0.4, 0.5) is 4.39 Å². The maximum Gasteiger partial charge on any atom is 0.159 e. The topological polar surface area (TPSA) is 55.2 Å². The summed E-state index contributed by atoms with van der Waals surface area (Å²) in [5.74, 6) is 0.755. The largest absolute Gasteiger partial charge is 0.489 e. The van der Waals surface area contributed by atoms with Crippen LogP contribution in [0.5, 0.6) is 5.75 Å². The molecule has 0 radical (unpaired) electrons. The van der Waals surface area contributed by atoms with Gasteiger partial charge in [0.05, 0.1) is 6.10 Å². The first-order valence-electron chi connectivity index (χ1n) is 10.4. The zero-order chi connectivity index (χ0) is 22.1. The Kier molecular flexibility index (Phi) is 8.07. The lowest BCUT2D eigenvalue weighted by atomic mass is 10.0. The predicted molar refractivity (Wildman–Crippen MR) is 123 cm³/mol.